The van der Waals surface area contributed by atoms with Crippen molar-refractivity contribution in [2.45, 2.75) is 13.0 Å². The number of halogens is 1. The molecule has 1 fully saturated rings. The van der Waals surface area contributed by atoms with Crippen LogP contribution in [0, 0.1) is 0 Å². The van der Waals surface area contributed by atoms with Crippen LogP contribution < -0.4 is 5.32 Å². The molecule has 0 atom stereocenters. The number of benzene rings is 2. The Morgan fingerprint density at radius 3 is 2.61 bits per heavy atom. The van der Waals surface area contributed by atoms with Gasteiger partial charge in [0.2, 0.25) is 0 Å². The Hall–Kier alpha value is -2.14. The molecule has 1 saturated heterocycles. The van der Waals surface area contributed by atoms with Crippen LogP contribution in [0.5, 0.6) is 0 Å². The predicted octanol–water partition coefficient (Wildman–Crippen LogP) is 4.29. The molecule has 0 bridgehead atoms. The number of nitrogens with zero attached hydrogens (tertiary/aromatic N) is 3. The molecule has 0 spiro atoms. The monoisotopic (exact) mass is 394 g/mol. The van der Waals surface area contributed by atoms with Gasteiger partial charge in [-0.25, -0.2) is 0 Å². The molecule has 0 radical (unpaired) electrons. The van der Waals surface area contributed by atoms with Crippen LogP contribution in [0.25, 0.3) is 10.9 Å². The average Bonchev–Trinajstić information content (AvgIpc) is 2.72. The van der Waals surface area contributed by atoms with Crippen molar-refractivity contribution in [3.8, 4) is 0 Å². The number of pyridine rings is 1. The summed E-state index contributed by atoms with van der Waals surface area (Å²) in [6.45, 7) is 6.55. The van der Waals surface area contributed by atoms with Crippen LogP contribution in [0.4, 0.5) is 5.69 Å². The first-order valence-corrected chi connectivity index (χ1v) is 10.3. The zero-order chi connectivity index (χ0) is 19.3. The molecular weight excluding hydrogens is 368 g/mol. The van der Waals surface area contributed by atoms with Gasteiger partial charge in [0.1, 0.15) is 0 Å². The van der Waals surface area contributed by atoms with Crippen LogP contribution in [0.1, 0.15) is 11.1 Å². The maximum atomic E-state index is 6.27. The van der Waals surface area contributed by atoms with E-state index in [1.165, 1.54) is 31.7 Å². The Bertz CT molecular complexity index is 918. The molecule has 1 aromatic heterocycles. The number of anilines is 1. The molecule has 146 valence electrons. The smallest absolute Gasteiger partial charge is 0.0752 e. The SMILES string of the molecule is CN1CCN(CCc2ccc(NCc3cc(Cl)cc4cccnc34)cc2)CC1. The van der Waals surface area contributed by atoms with Gasteiger partial charge < -0.3 is 15.1 Å². The van der Waals surface area contributed by atoms with Crippen molar-refractivity contribution in [2.75, 3.05) is 45.1 Å². The first-order valence-electron chi connectivity index (χ1n) is 9.94. The van der Waals surface area contributed by atoms with E-state index < -0.39 is 0 Å². The Balaban J connectivity index is 1.34. The van der Waals surface area contributed by atoms with Gasteiger partial charge in [0.15, 0.2) is 0 Å². The highest BCUT2D eigenvalue weighted by Crippen LogP contribution is 2.23. The molecule has 1 aliphatic heterocycles. The van der Waals surface area contributed by atoms with Gasteiger partial charge in [0.05, 0.1) is 5.52 Å². The van der Waals surface area contributed by atoms with Crippen LogP contribution in [-0.4, -0.2) is 54.6 Å². The molecule has 0 unspecified atom stereocenters. The number of hydrogen-bond donors (Lipinski definition) is 1. The molecule has 2 heterocycles. The molecule has 0 amide bonds. The Labute approximate surface area is 172 Å². The van der Waals surface area contributed by atoms with Gasteiger partial charge in [0.25, 0.3) is 0 Å². The molecule has 1 aliphatic rings. The minimum Gasteiger partial charge on any atom is -0.381 e. The molecule has 28 heavy (non-hydrogen) atoms. The summed E-state index contributed by atoms with van der Waals surface area (Å²) >= 11 is 6.27. The van der Waals surface area contributed by atoms with Crippen molar-refractivity contribution in [1.29, 1.82) is 0 Å². The summed E-state index contributed by atoms with van der Waals surface area (Å²) in [5, 5.41) is 5.33. The van der Waals surface area contributed by atoms with E-state index in [1.54, 1.807) is 0 Å². The van der Waals surface area contributed by atoms with Gasteiger partial charge in [-0.15, -0.1) is 0 Å². The topological polar surface area (TPSA) is 31.4 Å². The van der Waals surface area contributed by atoms with Crippen LogP contribution in [0.2, 0.25) is 5.02 Å². The summed E-state index contributed by atoms with van der Waals surface area (Å²) < 4.78 is 0. The lowest BCUT2D eigenvalue weighted by atomic mass is 10.1. The van der Waals surface area contributed by atoms with E-state index in [-0.39, 0.29) is 0 Å². The molecule has 0 saturated carbocycles. The predicted molar refractivity (Wildman–Crippen MR) is 118 cm³/mol. The van der Waals surface area contributed by atoms with Crippen molar-refractivity contribution in [1.82, 2.24) is 14.8 Å². The van der Waals surface area contributed by atoms with Crippen molar-refractivity contribution in [3.63, 3.8) is 0 Å². The molecule has 4 rings (SSSR count). The zero-order valence-electron chi connectivity index (χ0n) is 16.4. The van der Waals surface area contributed by atoms with Crippen LogP contribution in [0.15, 0.2) is 54.7 Å². The summed E-state index contributed by atoms with van der Waals surface area (Å²) in [6, 6.07) is 16.7. The maximum Gasteiger partial charge on any atom is 0.0752 e. The number of fused-ring (bicyclic) bond motifs is 1. The maximum absolute atomic E-state index is 6.27. The third kappa shape index (κ3) is 4.82. The van der Waals surface area contributed by atoms with Gasteiger partial charge in [0, 0.05) is 61.6 Å². The Morgan fingerprint density at radius 1 is 1.04 bits per heavy atom. The summed E-state index contributed by atoms with van der Waals surface area (Å²) in [5.41, 5.74) is 4.62. The fraction of sp³-hybridized carbons (Fsp3) is 0.348. The second-order valence-electron chi connectivity index (χ2n) is 7.59. The minimum absolute atomic E-state index is 0.703. The Kier molecular flexibility index (Phi) is 6.10. The lowest BCUT2D eigenvalue weighted by Gasteiger charge is -2.32. The molecule has 4 nitrogen and oxygen atoms in total. The van der Waals surface area contributed by atoms with Gasteiger partial charge in [-0.05, 0) is 54.9 Å². The Morgan fingerprint density at radius 2 is 1.82 bits per heavy atom. The van der Waals surface area contributed by atoms with Crippen LogP contribution in [-0.2, 0) is 13.0 Å². The molecule has 2 aromatic carbocycles. The number of likely N-dealkylation sites (N-methyl/N-ethyl adjacent to an activating group) is 1. The fourth-order valence-electron chi connectivity index (χ4n) is 3.71. The lowest BCUT2D eigenvalue weighted by molar-refractivity contribution is 0.155. The van der Waals surface area contributed by atoms with Gasteiger partial charge in [-0.2, -0.15) is 0 Å². The largest absolute Gasteiger partial charge is 0.381 e. The first kappa shape index (κ1) is 19.2. The second kappa shape index (κ2) is 8.91. The highest BCUT2D eigenvalue weighted by Gasteiger charge is 2.13. The van der Waals surface area contributed by atoms with Gasteiger partial charge >= 0.3 is 0 Å². The quantitative estimate of drug-likeness (QED) is 0.675. The van der Waals surface area contributed by atoms with E-state index in [4.69, 9.17) is 11.6 Å². The third-order valence-corrected chi connectivity index (χ3v) is 5.72. The van der Waals surface area contributed by atoms with Gasteiger partial charge in [-0.1, -0.05) is 29.8 Å². The minimum atomic E-state index is 0.703. The summed E-state index contributed by atoms with van der Waals surface area (Å²) in [6.07, 6.45) is 2.93. The fourth-order valence-corrected chi connectivity index (χ4v) is 3.96. The van der Waals surface area contributed by atoms with Gasteiger partial charge in [-0.3, -0.25) is 4.98 Å². The summed E-state index contributed by atoms with van der Waals surface area (Å²) in [7, 11) is 2.20. The first-order chi connectivity index (χ1) is 13.7. The number of rotatable bonds is 6. The number of piperazine rings is 1. The van der Waals surface area contributed by atoms with Crippen molar-refractivity contribution < 1.29 is 0 Å². The normalized spacial score (nSPS) is 15.8. The summed E-state index contributed by atoms with van der Waals surface area (Å²) in [5.74, 6) is 0. The summed E-state index contributed by atoms with van der Waals surface area (Å²) in [4.78, 5) is 9.47. The highest BCUT2D eigenvalue weighted by molar-refractivity contribution is 6.31. The third-order valence-electron chi connectivity index (χ3n) is 5.50. The second-order valence-corrected chi connectivity index (χ2v) is 8.02. The van der Waals surface area contributed by atoms with E-state index in [0.717, 1.165) is 40.1 Å². The van der Waals surface area contributed by atoms with E-state index >= 15 is 0 Å². The standard InChI is InChI=1S/C23H27ClN4/c1-27-11-13-28(14-12-27)10-8-18-4-6-22(7-5-18)26-17-20-16-21(24)15-19-3-2-9-25-23(19)20/h2-7,9,15-16,26H,8,10-14,17H2,1H3. The van der Waals surface area contributed by atoms with E-state index in [2.05, 4.69) is 51.4 Å². The van der Waals surface area contributed by atoms with E-state index in [9.17, 15) is 0 Å². The van der Waals surface area contributed by atoms with Crippen molar-refractivity contribution in [3.05, 3.63) is 70.9 Å². The highest BCUT2D eigenvalue weighted by atomic mass is 35.5. The zero-order valence-corrected chi connectivity index (χ0v) is 17.1. The number of hydrogen-bond acceptors (Lipinski definition) is 4. The van der Waals surface area contributed by atoms with Crippen molar-refractivity contribution in [2.24, 2.45) is 0 Å². The average molecular weight is 395 g/mol. The van der Waals surface area contributed by atoms with Crippen LogP contribution in [0.3, 0.4) is 0 Å². The molecule has 0 aliphatic carbocycles. The molecule has 5 heteroatoms. The van der Waals surface area contributed by atoms with E-state index in [1.807, 2.05) is 30.5 Å². The number of aromatic nitrogens is 1. The molecule has 1 N–H and O–H groups in total. The number of nitrogens with one attached hydrogen (secondary N) is 1. The molecule has 3 aromatic rings. The van der Waals surface area contributed by atoms with E-state index in [0.29, 0.717) is 6.54 Å². The van der Waals surface area contributed by atoms with Crippen molar-refractivity contribution >= 4 is 28.2 Å². The molecular formula is C23H27ClN4. The van der Waals surface area contributed by atoms with Crippen LogP contribution >= 0.6 is 11.6 Å². The lowest BCUT2D eigenvalue weighted by Crippen LogP contribution is -2.45.